The van der Waals surface area contributed by atoms with Crippen LogP contribution in [-0.2, 0) is 11.5 Å². The van der Waals surface area contributed by atoms with Crippen molar-refractivity contribution in [1.29, 1.82) is 0 Å². The number of rotatable bonds is 4. The third kappa shape index (κ3) is 1.90. The molecule has 0 aliphatic carbocycles. The number of ether oxygens (including phenoxy) is 1. The summed E-state index contributed by atoms with van der Waals surface area (Å²) in [6.45, 7) is 4.31. The molecular formula is C9H13N5O2. The molecule has 1 aliphatic rings. The Balaban J connectivity index is 2.20. The van der Waals surface area contributed by atoms with Gasteiger partial charge in [0.1, 0.15) is 12.4 Å². The lowest BCUT2D eigenvalue weighted by atomic mass is 10.3. The van der Waals surface area contributed by atoms with Crippen molar-refractivity contribution < 1.29 is 9.84 Å². The number of guanidine groups is 1. The summed E-state index contributed by atoms with van der Waals surface area (Å²) in [6, 6.07) is 0. The van der Waals surface area contributed by atoms with E-state index in [-0.39, 0.29) is 25.9 Å². The van der Waals surface area contributed by atoms with E-state index in [0.29, 0.717) is 17.2 Å². The quantitative estimate of drug-likeness (QED) is 0.590. The lowest BCUT2D eigenvalue weighted by Crippen LogP contribution is -2.32. The normalized spacial score (nSPS) is 14.3. The number of hydrogen-bond acceptors (Lipinski definition) is 6. The van der Waals surface area contributed by atoms with E-state index in [4.69, 9.17) is 15.6 Å². The number of nitrogens with zero attached hydrogens (tertiary/aromatic N) is 3. The Kier molecular flexibility index (Phi) is 2.88. The van der Waals surface area contributed by atoms with Crippen LogP contribution in [0.5, 0.6) is 0 Å². The van der Waals surface area contributed by atoms with E-state index in [9.17, 15) is 0 Å². The van der Waals surface area contributed by atoms with E-state index in [0.717, 1.165) is 0 Å². The molecule has 1 aromatic heterocycles. The van der Waals surface area contributed by atoms with Gasteiger partial charge >= 0.3 is 0 Å². The van der Waals surface area contributed by atoms with Crippen LogP contribution in [0.3, 0.4) is 0 Å². The van der Waals surface area contributed by atoms with Crippen LogP contribution in [0.25, 0.3) is 5.70 Å². The summed E-state index contributed by atoms with van der Waals surface area (Å²) in [4.78, 5) is 8.26. The fourth-order valence-electron chi connectivity index (χ4n) is 1.38. The van der Waals surface area contributed by atoms with Crippen LogP contribution >= 0.6 is 0 Å². The van der Waals surface area contributed by atoms with Crippen molar-refractivity contribution in [2.24, 2.45) is 10.7 Å². The van der Waals surface area contributed by atoms with Crippen molar-refractivity contribution in [3.8, 4) is 0 Å². The molecule has 0 bridgehead atoms. The van der Waals surface area contributed by atoms with Crippen LogP contribution < -0.4 is 11.1 Å². The Hall–Kier alpha value is -1.86. The minimum atomic E-state index is -0.0173. The number of fused-ring (bicyclic) bond motifs is 1. The predicted molar refractivity (Wildman–Crippen MR) is 58.7 cm³/mol. The first-order chi connectivity index (χ1) is 7.72. The number of aliphatic imine (C=N–C) groups is 1. The Bertz CT molecular complexity index is 437. The first-order valence-electron chi connectivity index (χ1n) is 4.76. The molecule has 0 amide bonds. The lowest BCUT2D eigenvalue weighted by Gasteiger charge is -2.14. The molecule has 4 N–H and O–H groups in total. The maximum atomic E-state index is 8.60. The molecular weight excluding hydrogens is 210 g/mol. The van der Waals surface area contributed by atoms with Gasteiger partial charge in [0.05, 0.1) is 25.2 Å². The molecule has 86 valence electrons. The van der Waals surface area contributed by atoms with Gasteiger partial charge in [-0.15, -0.1) is 0 Å². The van der Waals surface area contributed by atoms with Crippen LogP contribution in [0.1, 0.15) is 5.69 Å². The average Bonchev–Trinajstić information content (AvgIpc) is 2.62. The van der Waals surface area contributed by atoms with Gasteiger partial charge in [-0.25, -0.2) is 4.98 Å². The summed E-state index contributed by atoms with van der Waals surface area (Å²) >= 11 is 0. The molecule has 0 aromatic carbocycles. The van der Waals surface area contributed by atoms with E-state index in [1.54, 1.807) is 10.9 Å². The summed E-state index contributed by atoms with van der Waals surface area (Å²) in [7, 11) is 0. The molecule has 0 radical (unpaired) electrons. The van der Waals surface area contributed by atoms with Gasteiger partial charge in [0.2, 0.25) is 0 Å². The fraction of sp³-hybridized carbons (Fsp3) is 0.333. The van der Waals surface area contributed by atoms with Gasteiger partial charge in [0.15, 0.2) is 11.8 Å². The number of hydrogen-bond donors (Lipinski definition) is 3. The second kappa shape index (κ2) is 4.33. The van der Waals surface area contributed by atoms with Crippen molar-refractivity contribution in [1.82, 2.24) is 14.9 Å². The van der Waals surface area contributed by atoms with E-state index >= 15 is 0 Å². The van der Waals surface area contributed by atoms with Crippen LogP contribution in [0.2, 0.25) is 0 Å². The minimum Gasteiger partial charge on any atom is -0.394 e. The SMILES string of the molecule is C=C1NC(N)=Nc2c1ncn2COCCO. The van der Waals surface area contributed by atoms with E-state index in [1.165, 1.54) is 0 Å². The van der Waals surface area contributed by atoms with E-state index in [1.807, 2.05) is 0 Å². The smallest absolute Gasteiger partial charge is 0.199 e. The maximum absolute atomic E-state index is 8.60. The van der Waals surface area contributed by atoms with Gasteiger partial charge in [-0.2, -0.15) is 4.99 Å². The Morgan fingerprint density at radius 2 is 2.44 bits per heavy atom. The fourth-order valence-corrected chi connectivity index (χ4v) is 1.38. The third-order valence-electron chi connectivity index (χ3n) is 2.07. The van der Waals surface area contributed by atoms with Crippen molar-refractivity contribution in [2.45, 2.75) is 6.73 Å². The van der Waals surface area contributed by atoms with Gasteiger partial charge < -0.3 is 20.9 Å². The number of aromatic nitrogens is 2. The second-order valence-corrected chi connectivity index (χ2v) is 3.25. The molecule has 0 saturated heterocycles. The van der Waals surface area contributed by atoms with Gasteiger partial charge in [0, 0.05) is 0 Å². The molecule has 0 unspecified atom stereocenters. The highest BCUT2D eigenvalue weighted by Gasteiger charge is 2.18. The first-order valence-corrected chi connectivity index (χ1v) is 4.76. The number of nitrogens with one attached hydrogen (secondary N) is 1. The Morgan fingerprint density at radius 1 is 1.62 bits per heavy atom. The highest BCUT2D eigenvalue weighted by atomic mass is 16.5. The van der Waals surface area contributed by atoms with E-state index < -0.39 is 0 Å². The maximum Gasteiger partial charge on any atom is 0.199 e. The van der Waals surface area contributed by atoms with Crippen LogP contribution in [-0.4, -0.2) is 33.8 Å². The third-order valence-corrected chi connectivity index (χ3v) is 2.07. The monoisotopic (exact) mass is 223 g/mol. The molecule has 0 spiro atoms. The molecule has 2 heterocycles. The summed E-state index contributed by atoms with van der Waals surface area (Å²) in [6.07, 6.45) is 1.59. The number of nitrogens with two attached hydrogens (primary N) is 1. The van der Waals surface area contributed by atoms with Gasteiger partial charge in [-0.3, -0.25) is 4.57 Å². The summed E-state index contributed by atoms with van der Waals surface area (Å²) < 4.78 is 6.87. The Morgan fingerprint density at radius 3 is 3.19 bits per heavy atom. The zero-order valence-electron chi connectivity index (χ0n) is 8.68. The highest BCUT2D eigenvalue weighted by Crippen LogP contribution is 2.25. The molecule has 7 nitrogen and oxygen atoms in total. The molecule has 0 atom stereocenters. The molecule has 1 aliphatic heterocycles. The summed E-state index contributed by atoms with van der Waals surface area (Å²) in [5.41, 5.74) is 6.85. The largest absolute Gasteiger partial charge is 0.394 e. The molecule has 0 fully saturated rings. The van der Waals surface area contributed by atoms with Crippen LogP contribution in [0, 0.1) is 0 Å². The molecule has 16 heavy (non-hydrogen) atoms. The van der Waals surface area contributed by atoms with E-state index in [2.05, 4.69) is 21.9 Å². The second-order valence-electron chi connectivity index (χ2n) is 3.25. The van der Waals surface area contributed by atoms with Crippen molar-refractivity contribution in [3.63, 3.8) is 0 Å². The molecule has 7 heteroatoms. The topological polar surface area (TPSA) is 97.7 Å². The van der Waals surface area contributed by atoms with Crippen molar-refractivity contribution in [2.75, 3.05) is 13.2 Å². The molecule has 0 saturated carbocycles. The summed E-state index contributed by atoms with van der Waals surface area (Å²) in [5, 5.41) is 11.4. The average molecular weight is 223 g/mol. The van der Waals surface area contributed by atoms with Crippen LogP contribution in [0.4, 0.5) is 5.82 Å². The minimum absolute atomic E-state index is 0.0173. The zero-order chi connectivity index (χ0) is 11.5. The predicted octanol–water partition coefficient (Wildman–Crippen LogP) is -0.630. The highest BCUT2D eigenvalue weighted by molar-refractivity contribution is 5.93. The molecule has 2 rings (SSSR count). The number of aliphatic hydroxyl groups is 1. The molecule has 1 aromatic rings. The Labute approximate surface area is 92.3 Å². The lowest BCUT2D eigenvalue weighted by molar-refractivity contribution is 0.0489. The number of imidazole rings is 1. The van der Waals surface area contributed by atoms with Gasteiger partial charge in [-0.1, -0.05) is 6.58 Å². The van der Waals surface area contributed by atoms with Crippen LogP contribution in [0.15, 0.2) is 17.9 Å². The van der Waals surface area contributed by atoms with Gasteiger partial charge in [-0.05, 0) is 0 Å². The standard InChI is InChI=1S/C9H13N5O2/c1-6-7-8(13-9(10)12-6)14(4-11-7)5-16-3-2-15/h4,15H,1-3,5H2,(H3,10,12,13). The zero-order valence-corrected chi connectivity index (χ0v) is 8.68. The summed E-state index contributed by atoms with van der Waals surface area (Å²) in [5.74, 6) is 0.889. The van der Waals surface area contributed by atoms with Gasteiger partial charge in [0.25, 0.3) is 0 Å². The first kappa shape index (κ1) is 10.7. The number of aliphatic hydroxyl groups excluding tert-OH is 1. The van der Waals surface area contributed by atoms with Crippen molar-refractivity contribution in [3.05, 3.63) is 18.6 Å². The van der Waals surface area contributed by atoms with Crippen molar-refractivity contribution >= 4 is 17.5 Å².